The van der Waals surface area contributed by atoms with Gasteiger partial charge in [-0.15, -0.1) is 12.4 Å². The third-order valence-corrected chi connectivity index (χ3v) is 6.21. The molecule has 0 radical (unpaired) electrons. The fourth-order valence-electron chi connectivity index (χ4n) is 2.69. The van der Waals surface area contributed by atoms with Gasteiger partial charge in [-0.1, -0.05) is 23.7 Å². The van der Waals surface area contributed by atoms with Crippen LogP contribution in [-0.2, 0) is 10.0 Å². The van der Waals surface area contributed by atoms with Crippen LogP contribution in [-0.4, -0.2) is 38.1 Å². The number of hydrogen-bond donors (Lipinski definition) is 1. The Morgan fingerprint density at radius 1 is 1.33 bits per heavy atom. The first-order valence-corrected chi connectivity index (χ1v) is 9.01. The molecule has 0 bridgehead atoms. The van der Waals surface area contributed by atoms with Gasteiger partial charge in [-0.25, -0.2) is 8.42 Å². The van der Waals surface area contributed by atoms with Crippen molar-refractivity contribution < 1.29 is 8.42 Å². The maximum Gasteiger partial charge on any atom is 0.215 e. The summed E-state index contributed by atoms with van der Waals surface area (Å²) in [5, 5.41) is 3.92. The molecule has 1 saturated carbocycles. The van der Waals surface area contributed by atoms with Gasteiger partial charge in [0.15, 0.2) is 0 Å². The van der Waals surface area contributed by atoms with Crippen molar-refractivity contribution in [3.63, 3.8) is 0 Å². The summed E-state index contributed by atoms with van der Waals surface area (Å²) in [6, 6.07) is 7.34. The average Bonchev–Trinajstić information content (AvgIpc) is 3.22. The summed E-state index contributed by atoms with van der Waals surface area (Å²) < 4.78 is 26.8. The van der Waals surface area contributed by atoms with Crippen LogP contribution < -0.4 is 5.32 Å². The number of hydrogen-bond acceptors (Lipinski definition) is 3. The predicted molar refractivity (Wildman–Crippen MR) is 87.5 cm³/mol. The van der Waals surface area contributed by atoms with Crippen molar-refractivity contribution in [2.45, 2.75) is 18.9 Å². The molecule has 1 aromatic rings. The third-order valence-electron chi connectivity index (χ3n) is 3.93. The molecule has 0 amide bonds. The van der Waals surface area contributed by atoms with Gasteiger partial charge in [0.1, 0.15) is 0 Å². The second-order valence-electron chi connectivity index (χ2n) is 5.61. The van der Waals surface area contributed by atoms with Crippen LogP contribution in [0.2, 0.25) is 5.02 Å². The monoisotopic (exact) mass is 350 g/mol. The number of piperazine rings is 1. The maximum atomic E-state index is 12.6. The Hall–Kier alpha value is -0.330. The van der Waals surface area contributed by atoms with Crippen molar-refractivity contribution in [1.29, 1.82) is 0 Å². The molecule has 4 nitrogen and oxygen atoms in total. The molecule has 21 heavy (non-hydrogen) atoms. The van der Waals surface area contributed by atoms with E-state index in [4.69, 9.17) is 11.6 Å². The summed E-state index contributed by atoms with van der Waals surface area (Å²) in [7, 11) is -3.18. The highest BCUT2D eigenvalue weighted by molar-refractivity contribution is 7.89. The number of benzene rings is 1. The van der Waals surface area contributed by atoms with E-state index >= 15 is 0 Å². The standard InChI is InChI=1S/C14H19ClN2O2S.ClH/c15-13-3-1-2-12(8-13)14-9-16-6-7-17(14)20(18,19)10-11-4-5-11;/h1-3,8,11,14,16H,4-7,9-10H2;1H. The van der Waals surface area contributed by atoms with Crippen LogP contribution >= 0.6 is 24.0 Å². The maximum absolute atomic E-state index is 12.6. The van der Waals surface area contributed by atoms with Crippen molar-refractivity contribution in [3.05, 3.63) is 34.9 Å². The first-order chi connectivity index (χ1) is 9.56. The van der Waals surface area contributed by atoms with Crippen LogP contribution in [0.4, 0.5) is 0 Å². The molecule has 1 aromatic carbocycles. The molecule has 118 valence electrons. The molecular weight excluding hydrogens is 331 g/mol. The lowest BCUT2D eigenvalue weighted by atomic mass is 10.1. The molecule has 0 aromatic heterocycles. The first-order valence-electron chi connectivity index (χ1n) is 7.02. The number of rotatable bonds is 4. The van der Waals surface area contributed by atoms with E-state index in [1.165, 1.54) is 0 Å². The van der Waals surface area contributed by atoms with Crippen LogP contribution in [0.1, 0.15) is 24.4 Å². The first kappa shape index (κ1) is 17.0. The number of nitrogens with one attached hydrogen (secondary N) is 1. The highest BCUT2D eigenvalue weighted by Gasteiger charge is 2.37. The lowest BCUT2D eigenvalue weighted by molar-refractivity contribution is 0.271. The zero-order valence-corrected chi connectivity index (χ0v) is 14.1. The second-order valence-corrected chi connectivity index (χ2v) is 8.01. The fourth-order valence-corrected chi connectivity index (χ4v) is 4.97. The normalized spacial score (nSPS) is 23.6. The van der Waals surface area contributed by atoms with Gasteiger partial charge in [-0.3, -0.25) is 0 Å². The van der Waals surface area contributed by atoms with Crippen LogP contribution in [0.5, 0.6) is 0 Å². The molecule has 3 rings (SSSR count). The van der Waals surface area contributed by atoms with Gasteiger partial charge in [0.2, 0.25) is 10.0 Å². The fraction of sp³-hybridized carbons (Fsp3) is 0.571. The van der Waals surface area contributed by atoms with Crippen molar-refractivity contribution >= 4 is 34.0 Å². The number of sulfonamides is 1. The van der Waals surface area contributed by atoms with Crippen LogP contribution in [0.3, 0.4) is 0 Å². The largest absolute Gasteiger partial charge is 0.313 e. The summed E-state index contributed by atoms with van der Waals surface area (Å²) in [4.78, 5) is 0. The number of nitrogens with zero attached hydrogens (tertiary/aromatic N) is 1. The van der Waals surface area contributed by atoms with Crippen molar-refractivity contribution in [2.24, 2.45) is 5.92 Å². The smallest absolute Gasteiger partial charge is 0.215 e. The Labute approximate surface area is 137 Å². The third kappa shape index (κ3) is 4.11. The Balaban J connectivity index is 0.00000161. The molecule has 1 saturated heterocycles. The summed E-state index contributed by atoms with van der Waals surface area (Å²) >= 11 is 6.03. The van der Waals surface area contributed by atoms with Crippen LogP contribution in [0.15, 0.2) is 24.3 Å². The van der Waals surface area contributed by atoms with Gasteiger partial charge in [0.05, 0.1) is 11.8 Å². The summed E-state index contributed by atoms with van der Waals surface area (Å²) in [6.07, 6.45) is 2.10. The van der Waals surface area contributed by atoms with Crippen molar-refractivity contribution in [3.8, 4) is 0 Å². The van der Waals surface area contributed by atoms with E-state index in [9.17, 15) is 8.42 Å². The highest BCUT2D eigenvalue weighted by atomic mass is 35.5. The molecule has 2 fully saturated rings. The van der Waals surface area contributed by atoms with E-state index in [1.54, 1.807) is 4.31 Å². The molecular formula is C14H20Cl2N2O2S. The van der Waals surface area contributed by atoms with Gasteiger partial charge in [-0.2, -0.15) is 4.31 Å². The zero-order valence-electron chi connectivity index (χ0n) is 11.7. The average molecular weight is 351 g/mol. The SMILES string of the molecule is Cl.O=S(=O)(CC1CC1)N1CCNCC1c1cccc(Cl)c1. The van der Waals surface area contributed by atoms with Crippen LogP contribution in [0.25, 0.3) is 0 Å². The molecule has 1 aliphatic carbocycles. The van der Waals surface area contributed by atoms with E-state index in [0.29, 0.717) is 36.3 Å². The molecule has 1 heterocycles. The molecule has 0 spiro atoms. The Morgan fingerprint density at radius 3 is 2.76 bits per heavy atom. The Kier molecular flexibility index (Phi) is 5.54. The Bertz CT molecular complexity index is 590. The lowest BCUT2D eigenvalue weighted by Crippen LogP contribution is -2.49. The van der Waals surface area contributed by atoms with E-state index in [2.05, 4.69) is 5.32 Å². The van der Waals surface area contributed by atoms with Gasteiger partial charge in [0, 0.05) is 24.7 Å². The van der Waals surface area contributed by atoms with Crippen molar-refractivity contribution in [1.82, 2.24) is 9.62 Å². The van der Waals surface area contributed by atoms with E-state index in [0.717, 1.165) is 18.4 Å². The summed E-state index contributed by atoms with van der Waals surface area (Å²) in [6.45, 7) is 1.89. The zero-order chi connectivity index (χ0) is 14.2. The molecule has 1 unspecified atom stereocenters. The highest BCUT2D eigenvalue weighted by Crippen LogP contribution is 2.34. The minimum absolute atomic E-state index is 0. The van der Waals surface area contributed by atoms with Crippen LogP contribution in [0, 0.1) is 5.92 Å². The molecule has 7 heteroatoms. The lowest BCUT2D eigenvalue weighted by Gasteiger charge is -2.35. The minimum Gasteiger partial charge on any atom is -0.313 e. The molecule has 2 aliphatic rings. The quantitative estimate of drug-likeness (QED) is 0.907. The van der Waals surface area contributed by atoms with E-state index < -0.39 is 10.0 Å². The Morgan fingerprint density at radius 2 is 2.10 bits per heavy atom. The second kappa shape index (κ2) is 6.84. The number of halogens is 2. The molecule has 1 aliphatic heterocycles. The summed E-state index contributed by atoms with van der Waals surface area (Å²) in [5.41, 5.74) is 0.962. The molecule has 1 N–H and O–H groups in total. The van der Waals surface area contributed by atoms with E-state index in [1.807, 2.05) is 24.3 Å². The topological polar surface area (TPSA) is 49.4 Å². The van der Waals surface area contributed by atoms with Crippen molar-refractivity contribution in [2.75, 3.05) is 25.4 Å². The summed E-state index contributed by atoms with van der Waals surface area (Å²) in [5.74, 6) is 0.666. The van der Waals surface area contributed by atoms with Gasteiger partial charge in [0.25, 0.3) is 0 Å². The molecule has 1 atom stereocenters. The van der Waals surface area contributed by atoms with Gasteiger partial charge >= 0.3 is 0 Å². The van der Waals surface area contributed by atoms with E-state index in [-0.39, 0.29) is 18.4 Å². The van der Waals surface area contributed by atoms with Gasteiger partial charge in [-0.05, 0) is 36.5 Å². The van der Waals surface area contributed by atoms with Gasteiger partial charge < -0.3 is 5.32 Å². The minimum atomic E-state index is -3.18. The predicted octanol–water partition coefficient (Wildman–Crippen LogP) is 2.45.